The quantitative estimate of drug-likeness (QED) is 0.754. The van der Waals surface area contributed by atoms with Crippen LogP contribution in [0, 0.1) is 0 Å². The van der Waals surface area contributed by atoms with E-state index in [2.05, 4.69) is 0 Å². The second-order valence-corrected chi connectivity index (χ2v) is 3.90. The van der Waals surface area contributed by atoms with Crippen molar-refractivity contribution in [2.75, 3.05) is 0 Å². The van der Waals surface area contributed by atoms with Gasteiger partial charge in [0.15, 0.2) is 0 Å². The van der Waals surface area contributed by atoms with E-state index in [1.54, 1.807) is 12.1 Å². The van der Waals surface area contributed by atoms with Crippen molar-refractivity contribution in [2.45, 2.75) is 6.43 Å². The van der Waals surface area contributed by atoms with Crippen molar-refractivity contribution < 1.29 is 8.78 Å². The first-order valence-corrected chi connectivity index (χ1v) is 4.96. The van der Waals surface area contributed by atoms with Gasteiger partial charge in [0.05, 0.1) is 5.52 Å². The topological polar surface area (TPSA) is 22.0 Å². The Morgan fingerprint density at radius 1 is 1.31 bits per heavy atom. The first-order valence-electron chi connectivity index (χ1n) is 4.58. The van der Waals surface area contributed by atoms with Crippen LogP contribution in [0.4, 0.5) is 8.78 Å². The third kappa shape index (κ3) is 1.69. The molecule has 2 aromatic rings. The molecule has 0 saturated heterocycles. The number of benzene rings is 1. The Morgan fingerprint density at radius 2 is 2.00 bits per heavy atom. The van der Waals surface area contributed by atoms with Crippen molar-refractivity contribution >= 4 is 22.5 Å². The smallest absolute Gasteiger partial charge is 0.264 e. The van der Waals surface area contributed by atoms with Crippen molar-refractivity contribution in [3.63, 3.8) is 0 Å². The average molecular weight is 244 g/mol. The van der Waals surface area contributed by atoms with Gasteiger partial charge in [-0.1, -0.05) is 11.6 Å². The van der Waals surface area contributed by atoms with Crippen molar-refractivity contribution in [3.8, 4) is 0 Å². The molecule has 16 heavy (non-hydrogen) atoms. The van der Waals surface area contributed by atoms with E-state index >= 15 is 0 Å². The van der Waals surface area contributed by atoms with E-state index in [1.165, 1.54) is 17.7 Å². The van der Waals surface area contributed by atoms with Gasteiger partial charge in [-0.05, 0) is 18.2 Å². The van der Waals surface area contributed by atoms with Gasteiger partial charge in [0.2, 0.25) is 0 Å². The summed E-state index contributed by atoms with van der Waals surface area (Å²) >= 11 is 5.76. The first kappa shape index (κ1) is 11.1. The van der Waals surface area contributed by atoms with E-state index in [1.807, 2.05) is 0 Å². The van der Waals surface area contributed by atoms with Crippen LogP contribution in [-0.2, 0) is 7.05 Å². The van der Waals surface area contributed by atoms with Gasteiger partial charge in [-0.2, -0.15) is 0 Å². The van der Waals surface area contributed by atoms with Crippen LogP contribution in [0.5, 0.6) is 0 Å². The highest BCUT2D eigenvalue weighted by atomic mass is 35.5. The van der Waals surface area contributed by atoms with Gasteiger partial charge < -0.3 is 4.57 Å². The highest BCUT2D eigenvalue weighted by Gasteiger charge is 2.14. The lowest BCUT2D eigenvalue weighted by Crippen LogP contribution is -2.17. The fraction of sp³-hybridized carbons (Fsp3) is 0.182. The summed E-state index contributed by atoms with van der Waals surface area (Å²) in [6, 6.07) is 5.52. The SMILES string of the molecule is Cn1c(=O)cc(C(F)F)c2cc(Cl)ccc21. The Hall–Kier alpha value is -1.42. The number of alkyl halides is 2. The van der Waals surface area contributed by atoms with Crippen LogP contribution >= 0.6 is 11.6 Å². The van der Waals surface area contributed by atoms with Crippen LogP contribution in [0.1, 0.15) is 12.0 Å². The minimum atomic E-state index is -2.69. The minimum absolute atomic E-state index is 0.277. The second kappa shape index (κ2) is 3.87. The summed E-state index contributed by atoms with van der Waals surface area (Å²) in [5.41, 5.74) is -0.280. The molecule has 84 valence electrons. The Morgan fingerprint density at radius 3 is 2.62 bits per heavy atom. The van der Waals surface area contributed by atoms with Crippen molar-refractivity contribution in [1.29, 1.82) is 0 Å². The molecule has 1 aromatic heterocycles. The molecule has 0 aliphatic heterocycles. The molecule has 0 N–H and O–H groups in total. The van der Waals surface area contributed by atoms with Gasteiger partial charge in [0.1, 0.15) is 0 Å². The largest absolute Gasteiger partial charge is 0.311 e. The van der Waals surface area contributed by atoms with Crippen LogP contribution < -0.4 is 5.56 Å². The molecule has 0 aliphatic rings. The maximum atomic E-state index is 12.7. The van der Waals surface area contributed by atoms with Crippen LogP contribution in [0.15, 0.2) is 29.1 Å². The van der Waals surface area contributed by atoms with E-state index in [0.717, 1.165) is 6.07 Å². The van der Waals surface area contributed by atoms with E-state index < -0.39 is 12.0 Å². The van der Waals surface area contributed by atoms with E-state index in [9.17, 15) is 13.6 Å². The van der Waals surface area contributed by atoms with E-state index in [4.69, 9.17) is 11.6 Å². The predicted molar refractivity (Wildman–Crippen MR) is 59.2 cm³/mol. The molecule has 0 unspecified atom stereocenters. The van der Waals surface area contributed by atoms with Gasteiger partial charge in [-0.3, -0.25) is 4.79 Å². The Labute approximate surface area is 95.1 Å². The predicted octanol–water partition coefficient (Wildman–Crippen LogP) is 3.13. The molecule has 0 atom stereocenters. The van der Waals surface area contributed by atoms with Crippen LogP contribution in [0.2, 0.25) is 5.02 Å². The van der Waals surface area contributed by atoms with E-state index in [0.29, 0.717) is 15.9 Å². The van der Waals surface area contributed by atoms with Crippen LogP contribution in [0.3, 0.4) is 0 Å². The number of halogens is 3. The van der Waals surface area contributed by atoms with Crippen molar-refractivity contribution in [2.24, 2.45) is 7.05 Å². The molecule has 0 spiro atoms. The van der Waals surface area contributed by atoms with E-state index in [-0.39, 0.29) is 5.56 Å². The monoisotopic (exact) mass is 243 g/mol. The lowest BCUT2D eigenvalue weighted by atomic mass is 10.1. The average Bonchev–Trinajstić information content (AvgIpc) is 2.22. The molecule has 0 aliphatic carbocycles. The Bertz CT molecular complexity index is 607. The summed E-state index contributed by atoms with van der Waals surface area (Å²) in [6.45, 7) is 0. The summed E-state index contributed by atoms with van der Waals surface area (Å²) in [7, 11) is 1.54. The Kier molecular flexibility index (Phi) is 2.68. The highest BCUT2D eigenvalue weighted by Crippen LogP contribution is 2.27. The zero-order valence-electron chi connectivity index (χ0n) is 8.38. The number of hydrogen-bond acceptors (Lipinski definition) is 1. The summed E-state index contributed by atoms with van der Waals surface area (Å²) in [5, 5.41) is 0.678. The molecule has 1 heterocycles. The van der Waals surface area contributed by atoms with Crippen LogP contribution in [-0.4, -0.2) is 4.57 Å². The van der Waals surface area contributed by atoms with Gasteiger partial charge in [-0.15, -0.1) is 0 Å². The number of pyridine rings is 1. The maximum Gasteiger partial charge on any atom is 0.264 e. The van der Waals surface area contributed by atoms with Gasteiger partial charge in [0.25, 0.3) is 12.0 Å². The molecular formula is C11H8ClF2NO. The lowest BCUT2D eigenvalue weighted by molar-refractivity contribution is 0.153. The van der Waals surface area contributed by atoms with Crippen molar-refractivity contribution in [1.82, 2.24) is 4.57 Å². The van der Waals surface area contributed by atoms with Gasteiger partial charge in [-0.25, -0.2) is 8.78 Å². The number of hydrogen-bond donors (Lipinski definition) is 0. The second-order valence-electron chi connectivity index (χ2n) is 3.46. The molecule has 0 saturated carbocycles. The molecule has 5 heteroatoms. The summed E-state index contributed by atoms with van der Waals surface area (Å²) in [6.07, 6.45) is -2.69. The molecule has 1 aromatic carbocycles. The molecule has 0 radical (unpaired) electrons. The third-order valence-corrected chi connectivity index (χ3v) is 2.71. The Balaban J connectivity index is 2.96. The lowest BCUT2D eigenvalue weighted by Gasteiger charge is -2.09. The number of aromatic nitrogens is 1. The molecular weight excluding hydrogens is 236 g/mol. The zero-order chi connectivity index (χ0) is 11.9. The van der Waals surface area contributed by atoms with Crippen molar-refractivity contribution in [3.05, 3.63) is 45.2 Å². The zero-order valence-corrected chi connectivity index (χ0v) is 9.13. The van der Waals surface area contributed by atoms with Gasteiger partial charge in [0, 0.05) is 29.1 Å². The maximum absolute atomic E-state index is 12.7. The standard InChI is InChI=1S/C11H8ClF2NO/c1-15-9-3-2-6(12)4-7(9)8(11(13)14)5-10(15)16/h2-5,11H,1H3. The molecule has 0 fully saturated rings. The number of aryl methyl sites for hydroxylation is 1. The molecule has 2 rings (SSSR count). The fourth-order valence-corrected chi connectivity index (χ4v) is 1.81. The van der Waals surface area contributed by atoms with Gasteiger partial charge >= 0.3 is 0 Å². The highest BCUT2D eigenvalue weighted by molar-refractivity contribution is 6.31. The molecule has 0 bridgehead atoms. The summed E-state index contributed by atoms with van der Waals surface area (Å²) in [5.74, 6) is 0. The number of rotatable bonds is 1. The summed E-state index contributed by atoms with van der Waals surface area (Å²) in [4.78, 5) is 11.4. The number of nitrogens with zero attached hydrogens (tertiary/aromatic N) is 1. The fourth-order valence-electron chi connectivity index (χ4n) is 1.64. The number of fused-ring (bicyclic) bond motifs is 1. The summed E-state index contributed by atoms with van der Waals surface area (Å²) < 4.78 is 26.8. The minimum Gasteiger partial charge on any atom is -0.311 e. The normalized spacial score (nSPS) is 11.3. The molecule has 2 nitrogen and oxygen atoms in total. The third-order valence-electron chi connectivity index (χ3n) is 2.48. The molecule has 0 amide bonds. The van der Waals surface area contributed by atoms with Crippen LogP contribution in [0.25, 0.3) is 10.9 Å². The first-order chi connectivity index (χ1) is 7.50.